The molecule has 4 aromatic rings. The molecule has 0 saturated carbocycles. The van der Waals surface area contributed by atoms with Crippen LogP contribution in [-0.4, -0.2) is 37.3 Å². The van der Waals surface area contributed by atoms with Crippen LogP contribution in [0.4, 0.5) is 5.69 Å². The number of likely N-dealkylation sites (tertiary alicyclic amines) is 1. The second kappa shape index (κ2) is 10.9. The van der Waals surface area contributed by atoms with Crippen molar-refractivity contribution in [3.8, 4) is 11.3 Å². The van der Waals surface area contributed by atoms with Crippen molar-refractivity contribution in [3.05, 3.63) is 99.5 Å². The first-order valence-corrected chi connectivity index (χ1v) is 14.8. The largest absolute Gasteiger partial charge is 0.445 e. The second-order valence-corrected chi connectivity index (χ2v) is 12.1. The molecule has 196 valence electrons. The number of sulfonamides is 1. The van der Waals surface area contributed by atoms with E-state index < -0.39 is 10.0 Å². The molecule has 0 radical (unpaired) electrons. The minimum atomic E-state index is -3.91. The lowest BCUT2D eigenvalue weighted by atomic mass is 9.96. The molecule has 0 aliphatic carbocycles. The highest BCUT2D eigenvalue weighted by Crippen LogP contribution is 2.33. The average molecular weight is 615 g/mol. The number of carbonyl (C=O) groups is 1. The number of rotatable bonds is 6. The maximum absolute atomic E-state index is 13.4. The Balaban J connectivity index is 1.28. The number of anilines is 1. The van der Waals surface area contributed by atoms with Crippen LogP contribution in [0.25, 0.3) is 11.3 Å². The van der Waals surface area contributed by atoms with Crippen LogP contribution in [0, 0.1) is 6.92 Å². The predicted octanol–water partition coefficient (Wildman–Crippen LogP) is 6.89. The van der Waals surface area contributed by atoms with Crippen molar-refractivity contribution >= 4 is 49.1 Å². The van der Waals surface area contributed by atoms with Crippen LogP contribution in [0.2, 0.25) is 5.02 Å². The summed E-state index contributed by atoms with van der Waals surface area (Å²) in [6.45, 7) is 2.87. The molecule has 0 bridgehead atoms. The summed E-state index contributed by atoms with van der Waals surface area (Å²) >= 11 is 9.68. The van der Waals surface area contributed by atoms with E-state index in [1.807, 2.05) is 37.3 Å². The Morgan fingerprint density at radius 3 is 2.42 bits per heavy atom. The standard InChI is InChI=1S/C28H25BrClN3O4S/c1-18-26(19-5-3-2-4-6-19)31-27(37-18)20-13-15-33(16-14-20)28(34)24-17-23(11-12-25(24)30)38(35,36)32-22-9-7-21(29)8-10-22/h2-12,17,20,32H,13-16H2,1H3. The van der Waals surface area contributed by atoms with Crippen LogP contribution in [0.1, 0.15) is 40.8 Å². The summed E-state index contributed by atoms with van der Waals surface area (Å²) in [5.74, 6) is 1.24. The number of oxazole rings is 1. The van der Waals surface area contributed by atoms with Crippen molar-refractivity contribution in [1.29, 1.82) is 0 Å². The molecule has 0 unspecified atom stereocenters. The monoisotopic (exact) mass is 613 g/mol. The number of benzene rings is 3. The number of aromatic nitrogens is 1. The lowest BCUT2D eigenvalue weighted by Crippen LogP contribution is -2.38. The molecule has 0 atom stereocenters. The molecule has 1 saturated heterocycles. The van der Waals surface area contributed by atoms with Gasteiger partial charge < -0.3 is 9.32 Å². The van der Waals surface area contributed by atoms with E-state index >= 15 is 0 Å². The third kappa shape index (κ3) is 5.65. The lowest BCUT2D eigenvalue weighted by Gasteiger charge is -2.31. The summed E-state index contributed by atoms with van der Waals surface area (Å²) in [4.78, 5) is 19.8. The summed E-state index contributed by atoms with van der Waals surface area (Å²) in [6.07, 6.45) is 1.36. The summed E-state index contributed by atoms with van der Waals surface area (Å²) in [6, 6.07) is 20.8. The molecular weight excluding hydrogens is 590 g/mol. The molecule has 38 heavy (non-hydrogen) atoms. The van der Waals surface area contributed by atoms with E-state index in [1.54, 1.807) is 29.2 Å². The van der Waals surface area contributed by atoms with Crippen LogP contribution in [0.15, 0.2) is 86.6 Å². The van der Waals surface area contributed by atoms with Crippen LogP contribution >= 0.6 is 27.5 Å². The number of carbonyl (C=O) groups excluding carboxylic acids is 1. The Hall–Kier alpha value is -3.14. The number of hydrogen-bond acceptors (Lipinski definition) is 5. The fourth-order valence-corrected chi connectivity index (χ4v) is 6.07. The van der Waals surface area contributed by atoms with E-state index in [0.717, 1.165) is 21.5 Å². The molecule has 1 N–H and O–H groups in total. The van der Waals surface area contributed by atoms with E-state index in [9.17, 15) is 13.2 Å². The number of halogens is 2. The number of amides is 1. The van der Waals surface area contributed by atoms with Crippen LogP contribution in [0.5, 0.6) is 0 Å². The molecule has 2 heterocycles. The van der Waals surface area contributed by atoms with Gasteiger partial charge in [-0.05, 0) is 62.2 Å². The van der Waals surface area contributed by atoms with E-state index in [0.29, 0.717) is 37.5 Å². The van der Waals surface area contributed by atoms with Gasteiger partial charge in [0, 0.05) is 34.7 Å². The molecule has 1 aliphatic rings. The SMILES string of the molecule is Cc1oc(C2CCN(C(=O)c3cc(S(=O)(=O)Nc4ccc(Br)cc4)ccc3Cl)CC2)nc1-c1ccccc1. The Labute approximate surface area is 235 Å². The highest BCUT2D eigenvalue weighted by Gasteiger charge is 2.30. The van der Waals surface area contributed by atoms with Crippen LogP contribution in [-0.2, 0) is 10.0 Å². The van der Waals surface area contributed by atoms with Gasteiger partial charge in [-0.1, -0.05) is 57.9 Å². The normalized spacial score (nSPS) is 14.4. The minimum Gasteiger partial charge on any atom is -0.445 e. The molecule has 10 heteroatoms. The number of piperidine rings is 1. The lowest BCUT2D eigenvalue weighted by molar-refractivity contribution is 0.0706. The van der Waals surface area contributed by atoms with Gasteiger partial charge in [0.25, 0.3) is 15.9 Å². The zero-order valence-electron chi connectivity index (χ0n) is 20.5. The molecule has 7 nitrogen and oxygen atoms in total. The predicted molar refractivity (Wildman–Crippen MR) is 151 cm³/mol. The van der Waals surface area contributed by atoms with E-state index in [1.165, 1.54) is 18.2 Å². The fraction of sp³-hybridized carbons (Fsp3) is 0.214. The third-order valence-electron chi connectivity index (χ3n) is 6.57. The zero-order chi connectivity index (χ0) is 26.9. The van der Waals surface area contributed by atoms with E-state index in [2.05, 4.69) is 20.7 Å². The van der Waals surface area contributed by atoms with Gasteiger partial charge in [-0.25, -0.2) is 13.4 Å². The molecule has 1 aliphatic heterocycles. The maximum Gasteiger partial charge on any atom is 0.261 e. The highest BCUT2D eigenvalue weighted by atomic mass is 79.9. The molecule has 1 amide bonds. The van der Waals surface area contributed by atoms with Gasteiger partial charge in [0.15, 0.2) is 5.89 Å². The number of hydrogen-bond donors (Lipinski definition) is 1. The van der Waals surface area contributed by atoms with Crippen molar-refractivity contribution < 1.29 is 17.6 Å². The molecule has 5 rings (SSSR count). The third-order valence-corrected chi connectivity index (χ3v) is 8.80. The van der Waals surface area contributed by atoms with Gasteiger partial charge >= 0.3 is 0 Å². The Morgan fingerprint density at radius 1 is 1.05 bits per heavy atom. The Kier molecular flexibility index (Phi) is 7.61. The highest BCUT2D eigenvalue weighted by molar-refractivity contribution is 9.10. The molecule has 3 aromatic carbocycles. The average Bonchev–Trinajstić information content (AvgIpc) is 3.32. The molecular formula is C28H25BrClN3O4S. The first-order valence-electron chi connectivity index (χ1n) is 12.1. The maximum atomic E-state index is 13.4. The fourth-order valence-electron chi connectivity index (χ4n) is 4.52. The Morgan fingerprint density at radius 2 is 1.74 bits per heavy atom. The smallest absolute Gasteiger partial charge is 0.261 e. The van der Waals surface area contributed by atoms with Crippen molar-refractivity contribution in [1.82, 2.24) is 9.88 Å². The van der Waals surface area contributed by atoms with Gasteiger partial charge in [0.2, 0.25) is 0 Å². The molecule has 0 spiro atoms. The van der Waals surface area contributed by atoms with Crippen molar-refractivity contribution in [2.75, 3.05) is 17.8 Å². The zero-order valence-corrected chi connectivity index (χ0v) is 23.7. The van der Waals surface area contributed by atoms with Crippen molar-refractivity contribution in [3.63, 3.8) is 0 Å². The van der Waals surface area contributed by atoms with Gasteiger partial charge in [-0.2, -0.15) is 0 Å². The van der Waals surface area contributed by atoms with Crippen molar-refractivity contribution in [2.45, 2.75) is 30.6 Å². The topological polar surface area (TPSA) is 92.5 Å². The van der Waals surface area contributed by atoms with Crippen LogP contribution in [0.3, 0.4) is 0 Å². The first-order chi connectivity index (χ1) is 18.2. The van der Waals surface area contributed by atoms with Gasteiger partial charge in [-0.15, -0.1) is 0 Å². The number of nitrogens with one attached hydrogen (secondary N) is 1. The van der Waals surface area contributed by atoms with Gasteiger partial charge in [0.05, 0.1) is 15.5 Å². The van der Waals surface area contributed by atoms with Gasteiger partial charge in [0.1, 0.15) is 11.5 Å². The molecule has 1 aromatic heterocycles. The quantitative estimate of drug-likeness (QED) is 0.255. The minimum absolute atomic E-state index is 0.0354. The first kappa shape index (κ1) is 26.5. The van der Waals surface area contributed by atoms with E-state index in [-0.39, 0.29) is 27.3 Å². The van der Waals surface area contributed by atoms with Crippen molar-refractivity contribution in [2.24, 2.45) is 0 Å². The summed E-state index contributed by atoms with van der Waals surface area (Å²) in [5.41, 5.74) is 2.41. The summed E-state index contributed by atoms with van der Waals surface area (Å²) < 4.78 is 35.3. The van der Waals surface area contributed by atoms with E-state index in [4.69, 9.17) is 21.0 Å². The summed E-state index contributed by atoms with van der Waals surface area (Å²) in [7, 11) is -3.91. The molecule has 1 fully saturated rings. The van der Waals surface area contributed by atoms with Gasteiger partial charge in [-0.3, -0.25) is 9.52 Å². The Bertz CT molecular complexity index is 1570. The number of aryl methyl sites for hydroxylation is 1. The number of nitrogens with zero attached hydrogens (tertiary/aromatic N) is 2. The summed E-state index contributed by atoms with van der Waals surface area (Å²) in [5, 5.41) is 0.204. The second-order valence-electron chi connectivity index (χ2n) is 9.14. The van der Waals surface area contributed by atoms with Crippen LogP contribution < -0.4 is 4.72 Å².